The minimum absolute atomic E-state index is 0.122. The molecule has 0 heterocycles. The van der Waals surface area contributed by atoms with Gasteiger partial charge < -0.3 is 24.4 Å². The monoisotopic (exact) mass is 210 g/mol. The first kappa shape index (κ1) is 16.2. The van der Waals surface area contributed by atoms with Crippen molar-refractivity contribution < 1.29 is 24.4 Å². The Morgan fingerprint density at radius 1 is 1.21 bits per heavy atom. The molecule has 14 heavy (non-hydrogen) atoms. The van der Waals surface area contributed by atoms with Gasteiger partial charge in [-0.05, 0) is 13.8 Å². The lowest BCUT2D eigenvalue weighted by atomic mass is 10.7. The van der Waals surface area contributed by atoms with Crippen LogP contribution < -0.4 is 0 Å². The molecule has 0 rings (SSSR count). The zero-order valence-corrected chi connectivity index (χ0v) is 9.23. The summed E-state index contributed by atoms with van der Waals surface area (Å²) in [5.74, 6) is 0. The minimum atomic E-state index is -0.676. The van der Waals surface area contributed by atoms with E-state index >= 15 is 0 Å². The molecule has 0 aliphatic rings. The number of aliphatic hydroxyl groups excluding tert-OH is 2. The first-order valence-corrected chi connectivity index (χ1v) is 4.66. The van der Waals surface area contributed by atoms with Crippen molar-refractivity contribution >= 4 is 0 Å². The lowest BCUT2D eigenvalue weighted by Gasteiger charge is -2.05. The van der Waals surface area contributed by atoms with Crippen LogP contribution in [0.5, 0.6) is 0 Å². The second-order valence-electron chi connectivity index (χ2n) is 2.38. The summed E-state index contributed by atoms with van der Waals surface area (Å²) < 4.78 is 14.2. The summed E-state index contributed by atoms with van der Waals surface area (Å²) in [5.41, 5.74) is 0. The summed E-state index contributed by atoms with van der Waals surface area (Å²) in [4.78, 5) is 0. The number of methoxy groups -OCH3 is 1. The Bertz CT molecular complexity index is 85.3. The summed E-state index contributed by atoms with van der Waals surface area (Å²) in [7, 11) is 1.55. The van der Waals surface area contributed by atoms with Crippen molar-refractivity contribution in [2.24, 2.45) is 0 Å². The maximum absolute atomic E-state index is 8.57. The highest BCUT2D eigenvalue weighted by atomic mass is 16.6. The zero-order valence-electron chi connectivity index (χ0n) is 9.23. The quantitative estimate of drug-likeness (QED) is 0.457. The molecular weight excluding hydrogens is 188 g/mol. The van der Waals surface area contributed by atoms with E-state index in [1.165, 1.54) is 0 Å². The van der Waals surface area contributed by atoms with E-state index < -0.39 is 6.29 Å². The Balaban J connectivity index is 0. The molecule has 0 aliphatic heterocycles. The van der Waals surface area contributed by atoms with Gasteiger partial charge in [0.15, 0.2) is 6.29 Å². The van der Waals surface area contributed by atoms with Crippen molar-refractivity contribution in [3.8, 4) is 0 Å². The third kappa shape index (κ3) is 22.6. The smallest absolute Gasteiger partial charge is 0.151 e. The zero-order chi connectivity index (χ0) is 11.2. The number of ether oxygens (including phenoxy) is 3. The molecule has 0 radical (unpaired) electrons. The van der Waals surface area contributed by atoms with Gasteiger partial charge in [-0.1, -0.05) is 0 Å². The Morgan fingerprint density at radius 2 is 1.86 bits per heavy atom. The van der Waals surface area contributed by atoms with Crippen LogP contribution in [0.2, 0.25) is 0 Å². The van der Waals surface area contributed by atoms with Gasteiger partial charge >= 0.3 is 0 Å². The molecule has 88 valence electrons. The molecule has 0 aliphatic carbocycles. The first-order chi connectivity index (χ1) is 6.68. The Hall–Kier alpha value is -0.200. The summed E-state index contributed by atoms with van der Waals surface area (Å²) in [6.45, 7) is 5.78. The highest BCUT2D eigenvalue weighted by Gasteiger charge is 1.91. The van der Waals surface area contributed by atoms with Crippen LogP contribution in [0, 0.1) is 0 Å². The van der Waals surface area contributed by atoms with Crippen LogP contribution in [0.25, 0.3) is 0 Å². The molecule has 0 bridgehead atoms. The lowest BCUT2D eigenvalue weighted by molar-refractivity contribution is -0.0987. The molecule has 0 aromatic heterocycles. The molecular formula is C9H22O5. The van der Waals surface area contributed by atoms with Gasteiger partial charge in [-0.25, -0.2) is 0 Å². The van der Waals surface area contributed by atoms with Gasteiger partial charge in [0, 0.05) is 13.7 Å². The summed E-state index contributed by atoms with van der Waals surface area (Å²) in [5, 5.41) is 16.5. The summed E-state index contributed by atoms with van der Waals surface area (Å²) >= 11 is 0. The summed E-state index contributed by atoms with van der Waals surface area (Å²) in [6, 6.07) is 0. The molecule has 0 saturated carbocycles. The maximum Gasteiger partial charge on any atom is 0.151 e. The van der Waals surface area contributed by atoms with E-state index in [0.717, 1.165) is 0 Å². The molecule has 0 aromatic rings. The number of hydrogen-bond donors (Lipinski definition) is 2. The van der Waals surface area contributed by atoms with E-state index in [4.69, 9.17) is 19.7 Å². The van der Waals surface area contributed by atoms with Gasteiger partial charge in [0.05, 0.1) is 26.4 Å². The minimum Gasteiger partial charge on any atom is -0.394 e. The van der Waals surface area contributed by atoms with Crippen LogP contribution in [0.4, 0.5) is 0 Å². The summed E-state index contributed by atoms with van der Waals surface area (Å²) in [6.07, 6.45) is -0.676. The van der Waals surface area contributed by atoms with Gasteiger partial charge in [0.25, 0.3) is 0 Å². The fourth-order valence-electron chi connectivity index (χ4n) is 0.513. The molecule has 0 fully saturated rings. The predicted octanol–water partition coefficient (Wildman–Crippen LogP) is 0.00290. The standard InChI is InChI=1S/C6H14O3.C3H8O2/c1-3-8-4-5-9-6(2)7;1-5-3-2-4/h6-7H,3-5H2,1-2H3;4H,2-3H2,1H3. The highest BCUT2D eigenvalue weighted by Crippen LogP contribution is 1.83. The fourth-order valence-corrected chi connectivity index (χ4v) is 0.513. The molecule has 0 amide bonds. The molecule has 5 heteroatoms. The van der Waals surface area contributed by atoms with Crippen molar-refractivity contribution in [1.82, 2.24) is 0 Å². The molecule has 1 unspecified atom stereocenters. The molecule has 5 nitrogen and oxygen atoms in total. The average Bonchev–Trinajstić information content (AvgIpc) is 2.15. The number of hydrogen-bond acceptors (Lipinski definition) is 5. The highest BCUT2D eigenvalue weighted by molar-refractivity contribution is 4.28. The second kappa shape index (κ2) is 15.3. The average molecular weight is 210 g/mol. The first-order valence-electron chi connectivity index (χ1n) is 4.66. The Kier molecular flexibility index (Phi) is 17.7. The second-order valence-corrected chi connectivity index (χ2v) is 2.38. The maximum atomic E-state index is 8.57. The fraction of sp³-hybridized carbons (Fsp3) is 1.00. The van der Waals surface area contributed by atoms with Crippen molar-refractivity contribution in [1.29, 1.82) is 0 Å². The predicted molar refractivity (Wildman–Crippen MR) is 53.1 cm³/mol. The molecule has 0 saturated heterocycles. The van der Waals surface area contributed by atoms with Crippen LogP contribution in [0.1, 0.15) is 13.8 Å². The van der Waals surface area contributed by atoms with Crippen LogP contribution in [-0.2, 0) is 14.2 Å². The SMILES string of the molecule is CCOCCOC(C)O.COCCO. The van der Waals surface area contributed by atoms with E-state index in [1.54, 1.807) is 14.0 Å². The van der Waals surface area contributed by atoms with Gasteiger partial charge in [0.1, 0.15) is 0 Å². The van der Waals surface area contributed by atoms with E-state index in [1.807, 2.05) is 6.92 Å². The van der Waals surface area contributed by atoms with Gasteiger partial charge in [-0.2, -0.15) is 0 Å². The Labute approximate surface area is 85.6 Å². The van der Waals surface area contributed by atoms with Crippen molar-refractivity contribution in [3.63, 3.8) is 0 Å². The van der Waals surface area contributed by atoms with Crippen molar-refractivity contribution in [2.45, 2.75) is 20.1 Å². The van der Waals surface area contributed by atoms with Crippen LogP contribution in [-0.4, -0.2) is 56.6 Å². The largest absolute Gasteiger partial charge is 0.394 e. The topological polar surface area (TPSA) is 68.2 Å². The molecule has 0 spiro atoms. The van der Waals surface area contributed by atoms with Crippen molar-refractivity contribution in [2.75, 3.05) is 40.1 Å². The van der Waals surface area contributed by atoms with Crippen LogP contribution in [0.3, 0.4) is 0 Å². The van der Waals surface area contributed by atoms with Gasteiger partial charge in [0.2, 0.25) is 0 Å². The van der Waals surface area contributed by atoms with Crippen molar-refractivity contribution in [3.05, 3.63) is 0 Å². The number of aliphatic hydroxyl groups is 2. The lowest BCUT2D eigenvalue weighted by Crippen LogP contribution is -2.11. The van der Waals surface area contributed by atoms with Gasteiger partial charge in [-0.3, -0.25) is 0 Å². The Morgan fingerprint density at radius 3 is 2.14 bits per heavy atom. The third-order valence-electron chi connectivity index (χ3n) is 1.09. The number of rotatable bonds is 7. The van der Waals surface area contributed by atoms with E-state index in [9.17, 15) is 0 Å². The van der Waals surface area contributed by atoms with E-state index in [-0.39, 0.29) is 6.61 Å². The molecule has 2 N–H and O–H groups in total. The third-order valence-corrected chi connectivity index (χ3v) is 1.09. The van der Waals surface area contributed by atoms with E-state index in [2.05, 4.69) is 4.74 Å². The van der Waals surface area contributed by atoms with E-state index in [0.29, 0.717) is 26.4 Å². The van der Waals surface area contributed by atoms with Gasteiger partial charge in [-0.15, -0.1) is 0 Å². The molecule has 1 atom stereocenters. The molecule has 0 aromatic carbocycles. The van der Waals surface area contributed by atoms with Crippen LogP contribution >= 0.6 is 0 Å². The normalized spacial score (nSPS) is 11.8. The van der Waals surface area contributed by atoms with Crippen LogP contribution in [0.15, 0.2) is 0 Å².